The predicted molar refractivity (Wildman–Crippen MR) is 46.1 cm³/mol. The van der Waals surface area contributed by atoms with Crippen LogP contribution in [0.25, 0.3) is 0 Å². The molecule has 0 aromatic carbocycles. The molecular weight excluding hydrogens is 136 g/mol. The summed E-state index contributed by atoms with van der Waals surface area (Å²) in [7, 11) is 0. The molecule has 0 unspecified atom stereocenters. The van der Waals surface area contributed by atoms with Gasteiger partial charge in [-0.2, -0.15) is 0 Å². The highest BCUT2D eigenvalue weighted by Crippen LogP contribution is 2.21. The van der Waals surface area contributed by atoms with Crippen molar-refractivity contribution in [3.05, 3.63) is 24.3 Å². The molecule has 1 atom stereocenters. The molecule has 58 valence electrons. The zero-order valence-corrected chi connectivity index (χ0v) is 6.55. The van der Waals surface area contributed by atoms with Crippen LogP contribution in [0, 0.1) is 12.3 Å². The Morgan fingerprint density at radius 2 is 2.73 bits per heavy atom. The van der Waals surface area contributed by atoms with Crippen molar-refractivity contribution < 1.29 is 4.74 Å². The van der Waals surface area contributed by atoms with Crippen LogP contribution in [0.15, 0.2) is 24.3 Å². The van der Waals surface area contributed by atoms with Crippen molar-refractivity contribution in [1.29, 1.82) is 0 Å². The van der Waals surface area contributed by atoms with Crippen molar-refractivity contribution >= 4 is 0 Å². The lowest BCUT2D eigenvalue weighted by atomic mass is 10.2. The van der Waals surface area contributed by atoms with Gasteiger partial charge in [-0.25, -0.2) is 0 Å². The summed E-state index contributed by atoms with van der Waals surface area (Å²) in [5, 5.41) is 0. The molecule has 0 aromatic heterocycles. The predicted octanol–water partition coefficient (Wildman–Crippen LogP) is 1.91. The molecule has 0 aliphatic heterocycles. The summed E-state index contributed by atoms with van der Waals surface area (Å²) in [5.74, 6) is 2.45. The maximum absolute atomic E-state index is 5.32. The maximum Gasteiger partial charge on any atom is 0.108 e. The van der Waals surface area contributed by atoms with E-state index in [2.05, 4.69) is 18.6 Å². The van der Waals surface area contributed by atoms with E-state index in [-0.39, 0.29) is 6.10 Å². The smallest absolute Gasteiger partial charge is 0.108 e. The quantitative estimate of drug-likeness (QED) is 0.555. The number of ether oxygens (including phenoxy) is 1. The molecule has 11 heavy (non-hydrogen) atoms. The first-order chi connectivity index (χ1) is 5.36. The van der Waals surface area contributed by atoms with Gasteiger partial charge < -0.3 is 4.74 Å². The number of hydrogen-bond acceptors (Lipinski definition) is 1. The van der Waals surface area contributed by atoms with Crippen LogP contribution in [0.2, 0.25) is 0 Å². The first-order valence-electron chi connectivity index (χ1n) is 3.75. The molecular formula is C10H12O. The Hall–Kier alpha value is -1.00. The van der Waals surface area contributed by atoms with Crippen LogP contribution < -0.4 is 0 Å². The van der Waals surface area contributed by atoms with Gasteiger partial charge in [0.05, 0.1) is 6.10 Å². The van der Waals surface area contributed by atoms with Gasteiger partial charge in [-0.05, 0) is 18.4 Å². The van der Waals surface area contributed by atoms with Gasteiger partial charge in [0.2, 0.25) is 0 Å². The van der Waals surface area contributed by atoms with E-state index in [9.17, 15) is 0 Å². The molecule has 0 heterocycles. The summed E-state index contributed by atoms with van der Waals surface area (Å²) in [6, 6.07) is 0. The Balaban J connectivity index is 2.35. The van der Waals surface area contributed by atoms with Gasteiger partial charge in [-0.15, -0.1) is 6.42 Å². The lowest BCUT2D eigenvalue weighted by molar-refractivity contribution is 0.113. The van der Waals surface area contributed by atoms with Crippen molar-refractivity contribution in [2.75, 3.05) is 6.61 Å². The molecule has 1 heteroatoms. The zero-order valence-electron chi connectivity index (χ0n) is 6.55. The van der Waals surface area contributed by atoms with Gasteiger partial charge in [-0.3, -0.25) is 0 Å². The molecule has 0 fully saturated rings. The molecule has 0 N–H and O–H groups in total. The third-order valence-electron chi connectivity index (χ3n) is 1.76. The van der Waals surface area contributed by atoms with Crippen molar-refractivity contribution in [2.45, 2.75) is 18.9 Å². The Bertz CT molecular complexity index is 207. The number of terminal acetylenes is 1. The summed E-state index contributed by atoms with van der Waals surface area (Å²) < 4.78 is 5.32. The molecule has 0 amide bonds. The van der Waals surface area contributed by atoms with E-state index in [1.807, 2.05) is 6.08 Å². The molecule has 0 bridgehead atoms. The van der Waals surface area contributed by atoms with Crippen molar-refractivity contribution in [1.82, 2.24) is 0 Å². The van der Waals surface area contributed by atoms with E-state index in [1.165, 1.54) is 5.57 Å². The van der Waals surface area contributed by atoms with Crippen molar-refractivity contribution in [3.8, 4) is 12.3 Å². The molecule has 1 nitrogen and oxygen atoms in total. The average molecular weight is 148 g/mol. The zero-order chi connectivity index (χ0) is 8.10. The molecule has 0 saturated heterocycles. The minimum Gasteiger partial charge on any atom is -0.361 e. The minimum absolute atomic E-state index is 0.221. The van der Waals surface area contributed by atoms with Crippen molar-refractivity contribution in [2.24, 2.45) is 0 Å². The summed E-state index contributed by atoms with van der Waals surface area (Å²) in [6.45, 7) is 4.10. The third-order valence-corrected chi connectivity index (χ3v) is 1.76. The monoisotopic (exact) mass is 148 g/mol. The van der Waals surface area contributed by atoms with Crippen molar-refractivity contribution in [3.63, 3.8) is 0 Å². The van der Waals surface area contributed by atoms with E-state index in [0.29, 0.717) is 6.61 Å². The van der Waals surface area contributed by atoms with Crippen LogP contribution in [0.3, 0.4) is 0 Å². The standard InChI is InChI=1S/C10H12O/c1-3-7-11-10-6-5-9(4-2)8-10/h1,4,8,10H,2,5-7H2/t10-/m0/s1. The molecule has 1 aliphatic rings. The van der Waals surface area contributed by atoms with E-state index < -0.39 is 0 Å². The van der Waals surface area contributed by atoms with Gasteiger partial charge in [0, 0.05) is 0 Å². The fourth-order valence-electron chi connectivity index (χ4n) is 1.17. The van der Waals surface area contributed by atoms with E-state index in [4.69, 9.17) is 11.2 Å². The Labute approximate surface area is 67.8 Å². The number of allylic oxidation sites excluding steroid dienone is 2. The van der Waals surface area contributed by atoms with Crippen LogP contribution in [0.4, 0.5) is 0 Å². The largest absolute Gasteiger partial charge is 0.361 e. The highest BCUT2D eigenvalue weighted by Gasteiger charge is 2.13. The van der Waals surface area contributed by atoms with Gasteiger partial charge in [-0.1, -0.05) is 24.7 Å². The average Bonchev–Trinajstić information content (AvgIpc) is 2.48. The van der Waals surface area contributed by atoms with E-state index in [1.54, 1.807) is 0 Å². The molecule has 0 radical (unpaired) electrons. The van der Waals surface area contributed by atoms with Crippen LogP contribution >= 0.6 is 0 Å². The maximum atomic E-state index is 5.32. The SMILES string of the molecule is C#CCO[C@@H]1C=C(C=C)CC1. The lowest BCUT2D eigenvalue weighted by Crippen LogP contribution is -2.05. The summed E-state index contributed by atoms with van der Waals surface area (Å²) in [4.78, 5) is 0. The molecule has 0 spiro atoms. The van der Waals surface area contributed by atoms with Gasteiger partial charge in [0.25, 0.3) is 0 Å². The second-order valence-corrected chi connectivity index (χ2v) is 2.54. The van der Waals surface area contributed by atoms with E-state index in [0.717, 1.165) is 12.8 Å². The fourth-order valence-corrected chi connectivity index (χ4v) is 1.17. The second kappa shape index (κ2) is 4.00. The molecule has 1 rings (SSSR count). The summed E-state index contributed by atoms with van der Waals surface area (Å²) in [5.41, 5.74) is 1.27. The van der Waals surface area contributed by atoms with E-state index >= 15 is 0 Å². The highest BCUT2D eigenvalue weighted by atomic mass is 16.5. The normalized spacial score (nSPS) is 22.5. The first-order valence-corrected chi connectivity index (χ1v) is 3.75. The summed E-state index contributed by atoms with van der Waals surface area (Å²) >= 11 is 0. The topological polar surface area (TPSA) is 9.23 Å². The highest BCUT2D eigenvalue weighted by molar-refractivity contribution is 5.22. The van der Waals surface area contributed by atoms with Crippen LogP contribution in [-0.2, 0) is 4.74 Å². The van der Waals surface area contributed by atoms with Gasteiger partial charge in [0.1, 0.15) is 6.61 Å². The summed E-state index contributed by atoms with van der Waals surface area (Å²) in [6.07, 6.45) is 11.4. The third kappa shape index (κ3) is 2.25. The minimum atomic E-state index is 0.221. The van der Waals surface area contributed by atoms with Gasteiger partial charge >= 0.3 is 0 Å². The second-order valence-electron chi connectivity index (χ2n) is 2.54. The van der Waals surface area contributed by atoms with Gasteiger partial charge in [0.15, 0.2) is 0 Å². The number of rotatable bonds is 3. The van der Waals surface area contributed by atoms with Crippen LogP contribution in [0.5, 0.6) is 0 Å². The molecule has 1 aliphatic carbocycles. The lowest BCUT2D eigenvalue weighted by Gasteiger charge is -2.04. The fraction of sp³-hybridized carbons (Fsp3) is 0.400. The number of hydrogen-bond donors (Lipinski definition) is 0. The molecule has 0 aromatic rings. The Kier molecular flexibility index (Phi) is 2.95. The Morgan fingerprint density at radius 3 is 3.27 bits per heavy atom. The molecule has 0 saturated carbocycles. The van der Waals surface area contributed by atoms with Crippen LogP contribution in [-0.4, -0.2) is 12.7 Å². The Morgan fingerprint density at radius 1 is 1.91 bits per heavy atom. The van der Waals surface area contributed by atoms with Crippen LogP contribution in [0.1, 0.15) is 12.8 Å². The first kappa shape index (κ1) is 8.10.